The molecule has 3 N–H and O–H groups in total. The Morgan fingerprint density at radius 2 is 2.06 bits per heavy atom. The summed E-state index contributed by atoms with van der Waals surface area (Å²) < 4.78 is 0. The third-order valence-electron chi connectivity index (χ3n) is 3.49. The smallest absolute Gasteiger partial charge is 0.140 e. The van der Waals surface area contributed by atoms with Gasteiger partial charge in [0.15, 0.2) is 0 Å². The second-order valence-electron chi connectivity index (χ2n) is 4.75. The number of oxime groups is 1. The van der Waals surface area contributed by atoms with Gasteiger partial charge in [-0.3, -0.25) is 4.90 Å². The van der Waals surface area contributed by atoms with Crippen LogP contribution in [0.5, 0.6) is 0 Å². The van der Waals surface area contributed by atoms with Gasteiger partial charge in [0.1, 0.15) is 5.84 Å². The summed E-state index contributed by atoms with van der Waals surface area (Å²) in [6.07, 6.45) is 5.78. The lowest BCUT2D eigenvalue weighted by atomic mass is 10.0. The monoisotopic (exact) mass is 227 g/mol. The van der Waals surface area contributed by atoms with Crippen LogP contribution in [-0.2, 0) is 0 Å². The van der Waals surface area contributed by atoms with Crippen LogP contribution >= 0.6 is 0 Å². The van der Waals surface area contributed by atoms with Crippen molar-refractivity contribution in [2.75, 3.05) is 13.1 Å². The molecule has 0 aliphatic heterocycles. The van der Waals surface area contributed by atoms with E-state index in [1.54, 1.807) is 0 Å². The molecule has 0 heterocycles. The highest BCUT2D eigenvalue weighted by molar-refractivity contribution is 5.79. The van der Waals surface area contributed by atoms with Crippen molar-refractivity contribution >= 4 is 5.84 Å². The van der Waals surface area contributed by atoms with Crippen LogP contribution in [0.15, 0.2) is 5.16 Å². The lowest BCUT2D eigenvalue weighted by molar-refractivity contribution is 0.219. The number of hydrogen-bond donors (Lipinski definition) is 2. The highest BCUT2D eigenvalue weighted by Crippen LogP contribution is 2.28. The highest BCUT2D eigenvalue weighted by atomic mass is 16.4. The van der Waals surface area contributed by atoms with Crippen LogP contribution in [0.4, 0.5) is 0 Å². The topological polar surface area (TPSA) is 61.8 Å². The third-order valence-corrected chi connectivity index (χ3v) is 3.49. The Labute approximate surface area is 98.5 Å². The minimum absolute atomic E-state index is 0.343. The fraction of sp³-hybridized carbons (Fsp3) is 0.917. The van der Waals surface area contributed by atoms with Crippen molar-refractivity contribution < 1.29 is 5.21 Å². The Kier molecular flexibility index (Phi) is 5.60. The number of nitrogens with zero attached hydrogens (tertiary/aromatic N) is 2. The molecule has 1 rings (SSSR count). The first-order valence-electron chi connectivity index (χ1n) is 6.41. The molecule has 0 radical (unpaired) electrons. The lowest BCUT2D eigenvalue weighted by Gasteiger charge is -2.26. The Bertz CT molecular complexity index is 222. The maximum absolute atomic E-state index is 8.52. The first kappa shape index (κ1) is 13.3. The van der Waals surface area contributed by atoms with Crippen molar-refractivity contribution in [2.45, 2.75) is 52.0 Å². The summed E-state index contributed by atoms with van der Waals surface area (Å²) in [5.74, 6) is 1.13. The number of rotatable bonds is 8. The molecule has 0 unspecified atom stereocenters. The molecule has 1 saturated carbocycles. The van der Waals surface area contributed by atoms with Crippen molar-refractivity contribution in [1.82, 2.24) is 4.90 Å². The van der Waals surface area contributed by atoms with E-state index in [0.29, 0.717) is 12.3 Å². The molecule has 0 saturated heterocycles. The van der Waals surface area contributed by atoms with Gasteiger partial charge in [0.25, 0.3) is 0 Å². The van der Waals surface area contributed by atoms with Crippen LogP contribution in [0, 0.1) is 5.92 Å². The first-order valence-corrected chi connectivity index (χ1v) is 6.41. The van der Waals surface area contributed by atoms with Crippen LogP contribution in [0.1, 0.15) is 46.0 Å². The van der Waals surface area contributed by atoms with E-state index < -0.39 is 0 Å². The molecule has 4 heteroatoms. The van der Waals surface area contributed by atoms with Crippen molar-refractivity contribution in [3.8, 4) is 0 Å². The van der Waals surface area contributed by atoms with E-state index in [0.717, 1.165) is 25.0 Å². The van der Waals surface area contributed by atoms with Crippen LogP contribution in [0.3, 0.4) is 0 Å². The quantitative estimate of drug-likeness (QED) is 0.289. The van der Waals surface area contributed by atoms with Crippen molar-refractivity contribution in [2.24, 2.45) is 16.8 Å². The fourth-order valence-corrected chi connectivity index (χ4v) is 2.05. The normalized spacial score (nSPS) is 17.4. The van der Waals surface area contributed by atoms with Crippen LogP contribution < -0.4 is 5.73 Å². The van der Waals surface area contributed by atoms with Gasteiger partial charge < -0.3 is 10.9 Å². The van der Waals surface area contributed by atoms with E-state index in [9.17, 15) is 0 Å². The van der Waals surface area contributed by atoms with E-state index in [1.165, 1.54) is 25.7 Å². The summed E-state index contributed by atoms with van der Waals surface area (Å²) in [7, 11) is 0. The van der Waals surface area contributed by atoms with Gasteiger partial charge in [-0.25, -0.2) is 0 Å². The third kappa shape index (κ3) is 4.39. The molecular weight excluding hydrogens is 202 g/mol. The van der Waals surface area contributed by atoms with Gasteiger partial charge in [0.05, 0.1) is 0 Å². The van der Waals surface area contributed by atoms with E-state index in [1.807, 2.05) is 0 Å². The molecule has 1 fully saturated rings. The standard InChI is InChI=1S/C12H25N3O/c1-3-10(4-2)9-15(11-5-6-11)8-7-12(13)14-16/h10-11,16H,3-9H2,1-2H3,(H2,13,14). The van der Waals surface area contributed by atoms with Gasteiger partial charge >= 0.3 is 0 Å². The van der Waals surface area contributed by atoms with E-state index in [-0.39, 0.29) is 0 Å². The Balaban J connectivity index is 2.35. The molecule has 0 atom stereocenters. The molecular formula is C12H25N3O. The largest absolute Gasteiger partial charge is 0.409 e. The molecule has 0 spiro atoms. The zero-order valence-electron chi connectivity index (χ0n) is 10.5. The molecule has 16 heavy (non-hydrogen) atoms. The minimum Gasteiger partial charge on any atom is -0.409 e. The molecule has 0 aromatic rings. The number of nitrogens with two attached hydrogens (primary N) is 1. The SMILES string of the molecule is CCC(CC)CN(CCC(N)=NO)C1CC1. The van der Waals surface area contributed by atoms with Crippen molar-refractivity contribution in [1.29, 1.82) is 0 Å². The molecule has 4 nitrogen and oxygen atoms in total. The van der Waals surface area contributed by atoms with Gasteiger partial charge in [0.2, 0.25) is 0 Å². The van der Waals surface area contributed by atoms with Crippen LogP contribution in [0.25, 0.3) is 0 Å². The van der Waals surface area contributed by atoms with E-state index >= 15 is 0 Å². The summed E-state index contributed by atoms with van der Waals surface area (Å²) in [5.41, 5.74) is 5.51. The fourth-order valence-electron chi connectivity index (χ4n) is 2.05. The predicted molar refractivity (Wildman–Crippen MR) is 66.7 cm³/mol. The summed E-state index contributed by atoms with van der Waals surface area (Å²) >= 11 is 0. The summed E-state index contributed by atoms with van der Waals surface area (Å²) in [6.45, 7) is 6.60. The van der Waals surface area contributed by atoms with Crippen molar-refractivity contribution in [3.63, 3.8) is 0 Å². The molecule has 0 aromatic carbocycles. The van der Waals surface area contributed by atoms with Gasteiger partial charge in [-0.1, -0.05) is 31.8 Å². The summed E-state index contributed by atoms with van der Waals surface area (Å²) in [6, 6.07) is 0.757. The second kappa shape index (κ2) is 6.74. The molecule has 0 amide bonds. The second-order valence-corrected chi connectivity index (χ2v) is 4.75. The average Bonchev–Trinajstić information content (AvgIpc) is 3.13. The number of hydrogen-bond acceptors (Lipinski definition) is 3. The Hall–Kier alpha value is -0.770. The van der Waals surface area contributed by atoms with Crippen LogP contribution in [0.2, 0.25) is 0 Å². The zero-order valence-corrected chi connectivity index (χ0v) is 10.5. The molecule has 0 aromatic heterocycles. The molecule has 0 bridgehead atoms. The summed E-state index contributed by atoms with van der Waals surface area (Å²) in [5, 5.41) is 11.5. The van der Waals surface area contributed by atoms with E-state index in [4.69, 9.17) is 10.9 Å². The van der Waals surface area contributed by atoms with E-state index in [2.05, 4.69) is 23.9 Å². The summed E-state index contributed by atoms with van der Waals surface area (Å²) in [4.78, 5) is 2.51. The van der Waals surface area contributed by atoms with Gasteiger partial charge in [-0.2, -0.15) is 0 Å². The lowest BCUT2D eigenvalue weighted by Crippen LogP contribution is -2.34. The van der Waals surface area contributed by atoms with Crippen molar-refractivity contribution in [3.05, 3.63) is 0 Å². The molecule has 1 aliphatic carbocycles. The van der Waals surface area contributed by atoms with Gasteiger partial charge in [-0.05, 0) is 18.8 Å². The van der Waals surface area contributed by atoms with Crippen LogP contribution in [-0.4, -0.2) is 35.1 Å². The van der Waals surface area contributed by atoms with Gasteiger partial charge in [-0.15, -0.1) is 0 Å². The average molecular weight is 227 g/mol. The minimum atomic E-state index is 0.343. The number of amidine groups is 1. The zero-order chi connectivity index (χ0) is 12.0. The molecule has 94 valence electrons. The molecule has 1 aliphatic rings. The first-order chi connectivity index (χ1) is 7.71. The Morgan fingerprint density at radius 1 is 1.44 bits per heavy atom. The highest BCUT2D eigenvalue weighted by Gasteiger charge is 2.29. The van der Waals surface area contributed by atoms with Gasteiger partial charge in [0, 0.05) is 25.6 Å². The Morgan fingerprint density at radius 3 is 2.50 bits per heavy atom. The predicted octanol–water partition coefficient (Wildman–Crippen LogP) is 2.02. The maximum Gasteiger partial charge on any atom is 0.140 e. The maximum atomic E-state index is 8.52.